The van der Waals surface area contributed by atoms with E-state index in [1.54, 1.807) is 7.11 Å². The standard InChI is InChI=1S/C13H14BrNO3/c1-18-9-4-2-8(3-5-9)12(14)10-6-7-11(16)15-13(10)17/h2-5,10,12H,6-7H2,1H3,(H,15,16,17). The van der Waals surface area contributed by atoms with Gasteiger partial charge >= 0.3 is 0 Å². The Morgan fingerprint density at radius 1 is 1.33 bits per heavy atom. The van der Waals surface area contributed by atoms with Crippen LogP contribution in [-0.2, 0) is 9.59 Å². The number of alkyl halides is 1. The first-order valence-electron chi connectivity index (χ1n) is 5.73. The maximum Gasteiger partial charge on any atom is 0.231 e. The first kappa shape index (κ1) is 13.1. The Kier molecular flexibility index (Phi) is 4.01. The van der Waals surface area contributed by atoms with Crippen molar-refractivity contribution in [2.45, 2.75) is 17.7 Å². The minimum absolute atomic E-state index is 0.0866. The van der Waals surface area contributed by atoms with E-state index >= 15 is 0 Å². The second-order valence-corrected chi connectivity index (χ2v) is 5.22. The average molecular weight is 312 g/mol. The predicted octanol–water partition coefficient (Wildman–Crippen LogP) is 2.18. The number of benzene rings is 1. The molecule has 0 aliphatic carbocycles. The molecule has 0 spiro atoms. The van der Waals surface area contributed by atoms with Gasteiger partial charge in [0.05, 0.1) is 17.9 Å². The number of halogens is 1. The van der Waals surface area contributed by atoms with Gasteiger partial charge in [-0.15, -0.1) is 0 Å². The smallest absolute Gasteiger partial charge is 0.231 e. The van der Waals surface area contributed by atoms with E-state index in [0.717, 1.165) is 11.3 Å². The second-order valence-electron chi connectivity index (χ2n) is 4.23. The largest absolute Gasteiger partial charge is 0.497 e. The molecule has 2 rings (SSSR count). The number of ether oxygens (including phenoxy) is 1. The maximum absolute atomic E-state index is 11.8. The summed E-state index contributed by atoms with van der Waals surface area (Å²) in [5.74, 6) is 0.174. The van der Waals surface area contributed by atoms with Crippen LogP contribution in [0.1, 0.15) is 23.2 Å². The molecular formula is C13H14BrNO3. The lowest BCUT2D eigenvalue weighted by atomic mass is 9.91. The number of hydrogen-bond donors (Lipinski definition) is 1. The Balaban J connectivity index is 2.12. The molecule has 1 saturated heterocycles. The average Bonchev–Trinajstić information content (AvgIpc) is 2.38. The summed E-state index contributed by atoms with van der Waals surface area (Å²) in [6, 6.07) is 7.55. The van der Waals surface area contributed by atoms with Crippen LogP contribution >= 0.6 is 15.9 Å². The molecule has 5 heteroatoms. The Morgan fingerprint density at radius 3 is 2.56 bits per heavy atom. The van der Waals surface area contributed by atoms with Gasteiger partial charge in [0.25, 0.3) is 0 Å². The van der Waals surface area contributed by atoms with Crippen molar-refractivity contribution in [3.8, 4) is 5.75 Å². The van der Waals surface area contributed by atoms with Crippen LogP contribution in [0.25, 0.3) is 0 Å². The first-order valence-corrected chi connectivity index (χ1v) is 6.65. The van der Waals surface area contributed by atoms with Crippen molar-refractivity contribution in [3.63, 3.8) is 0 Å². The van der Waals surface area contributed by atoms with Gasteiger partial charge in [0.1, 0.15) is 5.75 Å². The van der Waals surface area contributed by atoms with Crippen molar-refractivity contribution in [2.75, 3.05) is 7.11 Å². The number of piperidine rings is 1. The molecule has 96 valence electrons. The SMILES string of the molecule is COc1ccc(C(Br)C2CCC(=O)NC2=O)cc1. The van der Waals surface area contributed by atoms with Crippen LogP contribution < -0.4 is 10.1 Å². The fraction of sp³-hybridized carbons (Fsp3) is 0.385. The summed E-state index contributed by atoms with van der Waals surface area (Å²) < 4.78 is 5.09. The molecule has 1 fully saturated rings. The Bertz CT molecular complexity index is 458. The van der Waals surface area contributed by atoms with E-state index in [4.69, 9.17) is 4.74 Å². The van der Waals surface area contributed by atoms with E-state index in [0.29, 0.717) is 12.8 Å². The highest BCUT2D eigenvalue weighted by Crippen LogP contribution is 2.36. The molecule has 1 aromatic carbocycles. The summed E-state index contributed by atoms with van der Waals surface area (Å²) in [5, 5.41) is 2.37. The topological polar surface area (TPSA) is 55.4 Å². The molecule has 18 heavy (non-hydrogen) atoms. The van der Waals surface area contributed by atoms with Crippen molar-refractivity contribution in [3.05, 3.63) is 29.8 Å². The van der Waals surface area contributed by atoms with Gasteiger partial charge in [-0.05, 0) is 24.1 Å². The molecule has 2 amide bonds. The highest BCUT2D eigenvalue weighted by Gasteiger charge is 2.32. The van der Waals surface area contributed by atoms with E-state index in [1.807, 2.05) is 24.3 Å². The number of methoxy groups -OCH3 is 1. The zero-order valence-corrected chi connectivity index (χ0v) is 11.6. The second kappa shape index (κ2) is 5.52. The van der Waals surface area contributed by atoms with Gasteiger partial charge in [0, 0.05) is 6.42 Å². The lowest BCUT2D eigenvalue weighted by Gasteiger charge is -2.25. The van der Waals surface area contributed by atoms with Crippen LogP contribution in [0, 0.1) is 5.92 Å². The van der Waals surface area contributed by atoms with E-state index in [9.17, 15) is 9.59 Å². The van der Waals surface area contributed by atoms with Gasteiger partial charge < -0.3 is 4.74 Å². The molecule has 2 unspecified atom stereocenters. The van der Waals surface area contributed by atoms with Gasteiger partial charge in [0.2, 0.25) is 11.8 Å². The van der Waals surface area contributed by atoms with Crippen molar-refractivity contribution in [1.29, 1.82) is 0 Å². The fourth-order valence-corrected chi connectivity index (χ4v) is 2.82. The molecule has 0 saturated carbocycles. The molecule has 1 aliphatic heterocycles. The zero-order chi connectivity index (χ0) is 13.1. The van der Waals surface area contributed by atoms with Crippen LogP contribution in [0.15, 0.2) is 24.3 Å². The van der Waals surface area contributed by atoms with Gasteiger partial charge in [-0.1, -0.05) is 28.1 Å². The third-order valence-corrected chi connectivity index (χ3v) is 4.24. The lowest BCUT2D eigenvalue weighted by Crippen LogP contribution is -2.42. The summed E-state index contributed by atoms with van der Waals surface area (Å²) in [6.07, 6.45) is 0.973. The number of carbonyl (C=O) groups is 2. The summed E-state index contributed by atoms with van der Waals surface area (Å²) in [7, 11) is 1.61. The van der Waals surface area contributed by atoms with Crippen LogP contribution in [0.5, 0.6) is 5.75 Å². The summed E-state index contributed by atoms with van der Waals surface area (Å²) in [4.78, 5) is 22.8. The van der Waals surface area contributed by atoms with Gasteiger partial charge in [-0.25, -0.2) is 0 Å². The minimum atomic E-state index is -0.212. The van der Waals surface area contributed by atoms with Crippen LogP contribution in [0.4, 0.5) is 0 Å². The van der Waals surface area contributed by atoms with E-state index in [-0.39, 0.29) is 22.6 Å². The van der Waals surface area contributed by atoms with E-state index in [2.05, 4.69) is 21.2 Å². The Morgan fingerprint density at radius 2 is 2.00 bits per heavy atom. The third-order valence-electron chi connectivity index (χ3n) is 3.07. The highest BCUT2D eigenvalue weighted by molar-refractivity contribution is 9.09. The van der Waals surface area contributed by atoms with Crippen LogP contribution in [0.3, 0.4) is 0 Å². The molecule has 1 aliphatic rings. The Hall–Kier alpha value is -1.36. The number of imide groups is 1. The van der Waals surface area contributed by atoms with Crippen molar-refractivity contribution < 1.29 is 14.3 Å². The summed E-state index contributed by atoms with van der Waals surface area (Å²) in [5.41, 5.74) is 1.00. The molecule has 4 nitrogen and oxygen atoms in total. The molecule has 0 aromatic heterocycles. The fourth-order valence-electron chi connectivity index (χ4n) is 2.01. The van der Waals surface area contributed by atoms with Gasteiger partial charge in [0.15, 0.2) is 0 Å². The molecular weight excluding hydrogens is 298 g/mol. The zero-order valence-electron chi connectivity index (χ0n) is 9.98. The summed E-state index contributed by atoms with van der Waals surface area (Å²) >= 11 is 3.54. The number of amides is 2. The van der Waals surface area contributed by atoms with Crippen molar-refractivity contribution in [1.82, 2.24) is 5.32 Å². The molecule has 1 aromatic rings. The summed E-state index contributed by atoms with van der Waals surface area (Å²) in [6.45, 7) is 0. The monoisotopic (exact) mass is 311 g/mol. The number of rotatable bonds is 3. The number of nitrogens with one attached hydrogen (secondary N) is 1. The van der Waals surface area contributed by atoms with Crippen LogP contribution in [0.2, 0.25) is 0 Å². The molecule has 0 bridgehead atoms. The third kappa shape index (κ3) is 2.72. The molecule has 1 N–H and O–H groups in total. The van der Waals surface area contributed by atoms with Crippen LogP contribution in [-0.4, -0.2) is 18.9 Å². The Labute approximate surface area is 114 Å². The van der Waals surface area contributed by atoms with E-state index < -0.39 is 0 Å². The highest BCUT2D eigenvalue weighted by atomic mass is 79.9. The first-order chi connectivity index (χ1) is 8.61. The maximum atomic E-state index is 11.8. The van der Waals surface area contributed by atoms with Gasteiger partial charge in [-0.2, -0.15) is 0 Å². The van der Waals surface area contributed by atoms with Gasteiger partial charge in [-0.3, -0.25) is 14.9 Å². The van der Waals surface area contributed by atoms with Crippen molar-refractivity contribution in [2.24, 2.45) is 5.92 Å². The molecule has 2 atom stereocenters. The molecule has 0 radical (unpaired) electrons. The molecule has 1 heterocycles. The quantitative estimate of drug-likeness (QED) is 0.687. The number of carbonyl (C=O) groups excluding carboxylic acids is 2. The normalized spacial score (nSPS) is 21.3. The number of hydrogen-bond acceptors (Lipinski definition) is 3. The lowest BCUT2D eigenvalue weighted by molar-refractivity contribution is -0.136. The predicted molar refractivity (Wildman–Crippen MR) is 70.5 cm³/mol. The minimum Gasteiger partial charge on any atom is -0.497 e. The van der Waals surface area contributed by atoms with E-state index in [1.165, 1.54) is 0 Å². The van der Waals surface area contributed by atoms with Crippen molar-refractivity contribution >= 4 is 27.7 Å².